The molecule has 2 aromatic carbocycles. The highest BCUT2D eigenvalue weighted by atomic mass is 19.1. The van der Waals surface area contributed by atoms with Gasteiger partial charge in [0.25, 0.3) is 0 Å². The van der Waals surface area contributed by atoms with Crippen molar-refractivity contribution in [3.63, 3.8) is 0 Å². The summed E-state index contributed by atoms with van der Waals surface area (Å²) < 4.78 is 13.1. The Morgan fingerprint density at radius 3 is 2.30 bits per heavy atom. The van der Waals surface area contributed by atoms with Gasteiger partial charge in [0, 0.05) is 12.6 Å². The maximum Gasteiger partial charge on any atom is 0.318 e. The number of hydrogen-bond donors (Lipinski definition) is 3. The lowest BCUT2D eigenvalue weighted by Gasteiger charge is -2.37. The second-order valence-corrected chi connectivity index (χ2v) is 7.01. The fraction of sp³-hybridized carbons (Fsp3) is 0.381. The summed E-state index contributed by atoms with van der Waals surface area (Å²) in [5.74, 6) is -0.259. The van der Waals surface area contributed by atoms with E-state index in [2.05, 4.69) is 5.32 Å². The van der Waals surface area contributed by atoms with Crippen LogP contribution in [0.5, 0.6) is 0 Å². The summed E-state index contributed by atoms with van der Waals surface area (Å²) in [4.78, 5) is 14.2. The molecule has 1 aliphatic heterocycles. The minimum atomic E-state index is -0.807. The topological polar surface area (TPSA) is 72.8 Å². The molecule has 0 aliphatic carbocycles. The molecule has 0 aromatic heterocycles. The average Bonchev–Trinajstić information content (AvgIpc) is 2.68. The minimum absolute atomic E-state index is 0.0871. The number of amides is 2. The van der Waals surface area contributed by atoms with E-state index in [4.69, 9.17) is 5.11 Å². The zero-order valence-corrected chi connectivity index (χ0v) is 15.3. The van der Waals surface area contributed by atoms with Crippen molar-refractivity contribution in [3.8, 4) is 11.1 Å². The zero-order valence-electron chi connectivity index (χ0n) is 15.3. The van der Waals surface area contributed by atoms with Crippen molar-refractivity contribution in [1.82, 2.24) is 10.2 Å². The Balaban J connectivity index is 1.65. The van der Waals surface area contributed by atoms with Gasteiger partial charge in [-0.2, -0.15) is 0 Å². The molecule has 3 rings (SSSR count). The number of carbonyl (C=O) groups is 1. The quantitative estimate of drug-likeness (QED) is 0.730. The number of hydrogen-bond acceptors (Lipinski definition) is 3. The van der Waals surface area contributed by atoms with Crippen molar-refractivity contribution in [1.29, 1.82) is 0 Å². The van der Waals surface area contributed by atoms with Crippen molar-refractivity contribution in [2.75, 3.05) is 13.2 Å². The third-order valence-electron chi connectivity index (χ3n) is 5.11. The van der Waals surface area contributed by atoms with E-state index in [0.29, 0.717) is 13.0 Å². The van der Waals surface area contributed by atoms with Crippen LogP contribution in [-0.4, -0.2) is 46.4 Å². The zero-order chi connectivity index (χ0) is 19.4. The van der Waals surface area contributed by atoms with Crippen LogP contribution in [0.1, 0.15) is 31.4 Å². The first kappa shape index (κ1) is 19.3. The van der Waals surface area contributed by atoms with Gasteiger partial charge in [-0.3, -0.25) is 0 Å². The Labute approximate surface area is 158 Å². The van der Waals surface area contributed by atoms with E-state index >= 15 is 0 Å². The summed E-state index contributed by atoms with van der Waals surface area (Å²) >= 11 is 0. The monoisotopic (exact) mass is 372 g/mol. The second-order valence-electron chi connectivity index (χ2n) is 7.01. The number of carbonyl (C=O) groups excluding carboxylic acids is 1. The highest BCUT2D eigenvalue weighted by molar-refractivity contribution is 5.76. The summed E-state index contributed by atoms with van der Waals surface area (Å²) in [6.07, 6.45) is 0.274. The van der Waals surface area contributed by atoms with Crippen LogP contribution in [0.15, 0.2) is 48.5 Å². The Bertz CT molecular complexity index is 764. The van der Waals surface area contributed by atoms with Gasteiger partial charge in [0.05, 0.1) is 18.8 Å². The number of nitrogens with one attached hydrogen (secondary N) is 1. The molecule has 0 radical (unpaired) electrons. The predicted octanol–water partition coefficient (Wildman–Crippen LogP) is 3.08. The first-order valence-electron chi connectivity index (χ1n) is 9.20. The number of nitrogens with zero attached hydrogens (tertiary/aromatic N) is 1. The van der Waals surface area contributed by atoms with Gasteiger partial charge in [0.1, 0.15) is 5.82 Å². The van der Waals surface area contributed by atoms with Gasteiger partial charge >= 0.3 is 6.03 Å². The molecule has 1 heterocycles. The Morgan fingerprint density at radius 1 is 1.15 bits per heavy atom. The highest BCUT2D eigenvalue weighted by Gasteiger charge is 2.29. The highest BCUT2D eigenvalue weighted by Crippen LogP contribution is 2.27. The maximum atomic E-state index is 13.1. The van der Waals surface area contributed by atoms with Crippen molar-refractivity contribution in [3.05, 3.63) is 59.9 Å². The molecule has 0 saturated carbocycles. The molecule has 3 atom stereocenters. The molecule has 6 heteroatoms. The van der Waals surface area contributed by atoms with Crippen molar-refractivity contribution in [2.45, 2.75) is 38.0 Å². The molecule has 27 heavy (non-hydrogen) atoms. The lowest BCUT2D eigenvalue weighted by atomic mass is 9.99. The second kappa shape index (κ2) is 8.50. The third kappa shape index (κ3) is 4.64. The molecule has 3 N–H and O–H groups in total. The number of rotatable bonds is 6. The van der Waals surface area contributed by atoms with E-state index in [1.165, 1.54) is 12.1 Å². The van der Waals surface area contributed by atoms with Crippen LogP contribution >= 0.6 is 0 Å². The van der Waals surface area contributed by atoms with Crippen LogP contribution < -0.4 is 5.32 Å². The molecule has 1 saturated heterocycles. The van der Waals surface area contributed by atoms with Gasteiger partial charge < -0.3 is 20.4 Å². The largest absolute Gasteiger partial charge is 0.394 e. The van der Waals surface area contributed by atoms with Crippen LogP contribution in [0.2, 0.25) is 0 Å². The fourth-order valence-corrected chi connectivity index (χ4v) is 3.45. The summed E-state index contributed by atoms with van der Waals surface area (Å²) in [5.41, 5.74) is 2.95. The molecule has 2 aromatic rings. The van der Waals surface area contributed by atoms with Gasteiger partial charge in [0.2, 0.25) is 0 Å². The number of urea groups is 1. The van der Waals surface area contributed by atoms with Gasteiger partial charge in [-0.1, -0.05) is 36.4 Å². The van der Waals surface area contributed by atoms with Crippen LogP contribution in [0.25, 0.3) is 11.1 Å². The summed E-state index contributed by atoms with van der Waals surface area (Å²) in [5, 5.41) is 21.4. The van der Waals surface area contributed by atoms with E-state index in [1.807, 2.05) is 31.2 Å². The SMILES string of the molecule is CC(c1ccc(-c2ccc(F)cc2)cc1)N1CCC(CC(O)CO)NC1=O. The first-order valence-corrected chi connectivity index (χ1v) is 9.20. The molecule has 5 nitrogen and oxygen atoms in total. The fourth-order valence-electron chi connectivity index (χ4n) is 3.45. The lowest BCUT2D eigenvalue weighted by Crippen LogP contribution is -2.53. The molecule has 144 valence electrons. The summed E-state index contributed by atoms with van der Waals surface area (Å²) in [6.45, 7) is 2.28. The van der Waals surface area contributed by atoms with E-state index in [0.717, 1.165) is 23.1 Å². The molecule has 1 aliphatic rings. The number of halogens is 1. The summed E-state index contributed by atoms with van der Waals surface area (Å²) in [6, 6.07) is 13.9. The number of aliphatic hydroxyl groups is 2. The van der Waals surface area contributed by atoms with Gasteiger partial charge in [-0.15, -0.1) is 0 Å². The van der Waals surface area contributed by atoms with Crippen LogP contribution in [0, 0.1) is 5.82 Å². The molecule has 3 unspecified atom stereocenters. The molecular formula is C21H25FN2O3. The van der Waals surface area contributed by atoms with Gasteiger partial charge in [-0.05, 0) is 48.6 Å². The van der Waals surface area contributed by atoms with Crippen molar-refractivity contribution in [2.24, 2.45) is 0 Å². The molecule has 1 fully saturated rings. The summed E-state index contributed by atoms with van der Waals surface area (Å²) in [7, 11) is 0. The standard InChI is InChI=1S/C21H25FN2O3/c1-14(24-11-10-19(23-21(24)27)12-20(26)13-25)15-2-4-16(5-3-15)17-6-8-18(22)9-7-17/h2-9,14,19-20,25-26H,10-13H2,1H3,(H,23,27). The smallest absolute Gasteiger partial charge is 0.318 e. The predicted molar refractivity (Wildman–Crippen MR) is 102 cm³/mol. The van der Waals surface area contributed by atoms with Gasteiger partial charge in [-0.25, -0.2) is 9.18 Å². The van der Waals surface area contributed by atoms with E-state index < -0.39 is 6.10 Å². The lowest BCUT2D eigenvalue weighted by molar-refractivity contribution is 0.0715. The molecule has 0 spiro atoms. The van der Waals surface area contributed by atoms with E-state index in [9.17, 15) is 14.3 Å². The van der Waals surface area contributed by atoms with Crippen LogP contribution in [0.3, 0.4) is 0 Å². The van der Waals surface area contributed by atoms with Crippen LogP contribution in [-0.2, 0) is 0 Å². The first-order chi connectivity index (χ1) is 13.0. The van der Waals surface area contributed by atoms with Crippen LogP contribution in [0.4, 0.5) is 9.18 Å². The normalized spacial score (nSPS) is 19.5. The number of aliphatic hydroxyl groups excluding tert-OH is 2. The van der Waals surface area contributed by atoms with E-state index in [1.54, 1.807) is 17.0 Å². The Morgan fingerprint density at radius 2 is 1.74 bits per heavy atom. The minimum Gasteiger partial charge on any atom is -0.394 e. The molecule has 0 bridgehead atoms. The maximum absolute atomic E-state index is 13.1. The van der Waals surface area contributed by atoms with Crippen molar-refractivity contribution < 1.29 is 19.4 Å². The van der Waals surface area contributed by atoms with E-state index in [-0.39, 0.29) is 30.5 Å². The molecular weight excluding hydrogens is 347 g/mol. The van der Waals surface area contributed by atoms with Crippen molar-refractivity contribution >= 4 is 6.03 Å². The average molecular weight is 372 g/mol. The third-order valence-corrected chi connectivity index (χ3v) is 5.11. The molecule has 2 amide bonds. The Kier molecular flexibility index (Phi) is 6.08. The van der Waals surface area contributed by atoms with Gasteiger partial charge in [0.15, 0.2) is 0 Å². The number of benzene rings is 2. The Hall–Kier alpha value is -2.44.